The fourth-order valence-corrected chi connectivity index (χ4v) is 2.45. The standard InChI is InChI=1S/C15H14BrFO/c1-2-15(18,11-7-4-3-5-8-11)12-9-6-10-13(16)14(12)17/h3-10,18H,2H2,1H3. The topological polar surface area (TPSA) is 20.2 Å². The van der Waals surface area contributed by atoms with Crippen LogP contribution in [0.3, 0.4) is 0 Å². The van der Waals surface area contributed by atoms with Gasteiger partial charge in [0, 0.05) is 5.56 Å². The van der Waals surface area contributed by atoms with Crippen molar-refractivity contribution >= 4 is 15.9 Å². The summed E-state index contributed by atoms with van der Waals surface area (Å²) in [5.41, 5.74) is -0.301. The summed E-state index contributed by atoms with van der Waals surface area (Å²) in [5, 5.41) is 10.8. The van der Waals surface area contributed by atoms with E-state index in [-0.39, 0.29) is 0 Å². The average Bonchev–Trinajstić information content (AvgIpc) is 2.42. The Morgan fingerprint density at radius 1 is 1.11 bits per heavy atom. The van der Waals surface area contributed by atoms with E-state index in [9.17, 15) is 9.50 Å². The van der Waals surface area contributed by atoms with Crippen molar-refractivity contribution in [3.63, 3.8) is 0 Å². The minimum atomic E-state index is -1.30. The highest BCUT2D eigenvalue weighted by atomic mass is 79.9. The van der Waals surface area contributed by atoms with Crippen molar-refractivity contribution < 1.29 is 9.50 Å². The van der Waals surface area contributed by atoms with E-state index in [0.29, 0.717) is 22.0 Å². The van der Waals surface area contributed by atoms with Crippen LogP contribution in [-0.2, 0) is 5.60 Å². The van der Waals surface area contributed by atoms with Crippen molar-refractivity contribution in [2.24, 2.45) is 0 Å². The summed E-state index contributed by atoms with van der Waals surface area (Å²) in [5.74, 6) is -0.411. The highest BCUT2D eigenvalue weighted by molar-refractivity contribution is 9.10. The number of hydrogen-bond acceptors (Lipinski definition) is 1. The van der Waals surface area contributed by atoms with Gasteiger partial charge < -0.3 is 5.11 Å². The Hall–Kier alpha value is -1.19. The summed E-state index contributed by atoms with van der Waals surface area (Å²) in [6.45, 7) is 1.84. The molecule has 3 heteroatoms. The van der Waals surface area contributed by atoms with Gasteiger partial charge in [-0.3, -0.25) is 0 Å². The van der Waals surface area contributed by atoms with E-state index in [4.69, 9.17) is 0 Å². The third-order valence-corrected chi connectivity index (χ3v) is 3.77. The van der Waals surface area contributed by atoms with Crippen molar-refractivity contribution in [3.8, 4) is 0 Å². The fraction of sp³-hybridized carbons (Fsp3) is 0.200. The molecule has 0 heterocycles. The Bertz CT molecular complexity index is 541. The predicted octanol–water partition coefficient (Wildman–Crippen LogP) is 4.23. The molecule has 1 atom stereocenters. The Kier molecular flexibility index (Phi) is 3.83. The number of aliphatic hydroxyl groups is 1. The van der Waals surface area contributed by atoms with Crippen molar-refractivity contribution in [3.05, 3.63) is 69.9 Å². The van der Waals surface area contributed by atoms with Crippen LogP contribution in [0.25, 0.3) is 0 Å². The smallest absolute Gasteiger partial charge is 0.143 e. The van der Waals surface area contributed by atoms with Gasteiger partial charge in [-0.1, -0.05) is 49.4 Å². The van der Waals surface area contributed by atoms with E-state index in [1.807, 2.05) is 37.3 Å². The Labute approximate surface area is 114 Å². The van der Waals surface area contributed by atoms with Crippen LogP contribution in [-0.4, -0.2) is 5.11 Å². The third-order valence-electron chi connectivity index (χ3n) is 3.16. The average molecular weight is 309 g/mol. The number of benzene rings is 2. The largest absolute Gasteiger partial charge is 0.380 e. The highest BCUT2D eigenvalue weighted by Crippen LogP contribution is 2.36. The van der Waals surface area contributed by atoms with Crippen LogP contribution in [0.4, 0.5) is 4.39 Å². The molecule has 2 aromatic rings. The maximum atomic E-state index is 14.2. The monoisotopic (exact) mass is 308 g/mol. The molecule has 2 aromatic carbocycles. The number of rotatable bonds is 3. The van der Waals surface area contributed by atoms with Crippen LogP contribution in [0.2, 0.25) is 0 Å². The van der Waals surface area contributed by atoms with Crippen LogP contribution in [0.15, 0.2) is 53.0 Å². The summed E-state index contributed by atoms with van der Waals surface area (Å²) in [4.78, 5) is 0. The lowest BCUT2D eigenvalue weighted by atomic mass is 9.84. The summed E-state index contributed by atoms with van der Waals surface area (Å²) < 4.78 is 14.5. The molecule has 0 radical (unpaired) electrons. The van der Waals surface area contributed by atoms with Crippen LogP contribution in [0.1, 0.15) is 24.5 Å². The van der Waals surface area contributed by atoms with Crippen molar-refractivity contribution in [2.75, 3.05) is 0 Å². The first-order chi connectivity index (χ1) is 8.59. The Balaban J connectivity index is 2.61. The zero-order chi connectivity index (χ0) is 13.2. The molecule has 0 bridgehead atoms. The first kappa shape index (κ1) is 13.2. The fourth-order valence-electron chi connectivity index (χ4n) is 2.09. The van der Waals surface area contributed by atoms with Gasteiger partial charge in [-0.15, -0.1) is 0 Å². The SMILES string of the molecule is CCC(O)(c1ccccc1)c1cccc(Br)c1F. The van der Waals surface area contributed by atoms with Gasteiger partial charge in [-0.05, 0) is 34.0 Å². The highest BCUT2D eigenvalue weighted by Gasteiger charge is 2.32. The lowest BCUT2D eigenvalue weighted by molar-refractivity contribution is 0.0724. The molecule has 0 saturated heterocycles. The lowest BCUT2D eigenvalue weighted by Crippen LogP contribution is -2.27. The molecule has 1 nitrogen and oxygen atoms in total. The molecule has 0 spiro atoms. The molecule has 0 aromatic heterocycles. The second kappa shape index (κ2) is 5.21. The Morgan fingerprint density at radius 3 is 2.39 bits per heavy atom. The molecule has 18 heavy (non-hydrogen) atoms. The van der Waals surface area contributed by atoms with Gasteiger partial charge in [0.05, 0.1) is 4.47 Å². The number of hydrogen-bond donors (Lipinski definition) is 1. The summed E-state index contributed by atoms with van der Waals surface area (Å²) in [7, 11) is 0. The van der Waals surface area contributed by atoms with Crippen LogP contribution in [0, 0.1) is 5.82 Å². The van der Waals surface area contributed by atoms with E-state index in [2.05, 4.69) is 15.9 Å². The quantitative estimate of drug-likeness (QED) is 0.899. The van der Waals surface area contributed by atoms with Gasteiger partial charge in [0.15, 0.2) is 0 Å². The third kappa shape index (κ3) is 2.20. The molecule has 1 N–H and O–H groups in total. The van der Waals surface area contributed by atoms with Crippen molar-refractivity contribution in [2.45, 2.75) is 18.9 Å². The molecule has 0 aliphatic carbocycles. The van der Waals surface area contributed by atoms with Gasteiger partial charge in [-0.25, -0.2) is 4.39 Å². The lowest BCUT2D eigenvalue weighted by Gasteiger charge is -2.28. The summed E-state index contributed by atoms with van der Waals surface area (Å²) in [6, 6.07) is 14.1. The molecular weight excluding hydrogens is 295 g/mol. The zero-order valence-electron chi connectivity index (χ0n) is 10.0. The first-order valence-electron chi connectivity index (χ1n) is 5.82. The zero-order valence-corrected chi connectivity index (χ0v) is 11.6. The molecule has 94 valence electrons. The molecule has 0 fully saturated rings. The number of halogens is 2. The van der Waals surface area contributed by atoms with E-state index in [1.165, 1.54) is 0 Å². The first-order valence-corrected chi connectivity index (χ1v) is 6.61. The van der Waals surface area contributed by atoms with E-state index >= 15 is 0 Å². The summed E-state index contributed by atoms with van der Waals surface area (Å²) >= 11 is 3.15. The predicted molar refractivity (Wildman–Crippen MR) is 73.8 cm³/mol. The van der Waals surface area contributed by atoms with Gasteiger partial charge in [0.25, 0.3) is 0 Å². The second-order valence-electron chi connectivity index (χ2n) is 4.18. The molecule has 0 amide bonds. The van der Waals surface area contributed by atoms with Gasteiger partial charge in [0.2, 0.25) is 0 Å². The van der Waals surface area contributed by atoms with Crippen molar-refractivity contribution in [1.29, 1.82) is 0 Å². The second-order valence-corrected chi connectivity index (χ2v) is 5.04. The van der Waals surface area contributed by atoms with Crippen LogP contribution >= 0.6 is 15.9 Å². The van der Waals surface area contributed by atoms with E-state index < -0.39 is 11.4 Å². The molecule has 2 rings (SSSR count). The molecule has 1 unspecified atom stereocenters. The maximum Gasteiger partial charge on any atom is 0.143 e. The Morgan fingerprint density at radius 2 is 1.78 bits per heavy atom. The molecule has 0 saturated carbocycles. The molecule has 0 aliphatic rings. The van der Waals surface area contributed by atoms with Crippen molar-refractivity contribution in [1.82, 2.24) is 0 Å². The maximum absolute atomic E-state index is 14.2. The minimum Gasteiger partial charge on any atom is -0.380 e. The van der Waals surface area contributed by atoms with Gasteiger partial charge in [0.1, 0.15) is 11.4 Å². The normalized spacial score (nSPS) is 14.2. The van der Waals surface area contributed by atoms with Gasteiger partial charge >= 0.3 is 0 Å². The summed E-state index contributed by atoms with van der Waals surface area (Å²) in [6.07, 6.45) is 0.407. The van der Waals surface area contributed by atoms with Crippen LogP contribution < -0.4 is 0 Å². The van der Waals surface area contributed by atoms with E-state index in [0.717, 1.165) is 0 Å². The van der Waals surface area contributed by atoms with E-state index in [1.54, 1.807) is 18.2 Å². The molecular formula is C15H14BrFO. The minimum absolute atomic E-state index is 0.297. The molecule has 0 aliphatic heterocycles. The van der Waals surface area contributed by atoms with Crippen LogP contribution in [0.5, 0.6) is 0 Å². The van der Waals surface area contributed by atoms with Gasteiger partial charge in [-0.2, -0.15) is 0 Å².